The van der Waals surface area contributed by atoms with Crippen molar-refractivity contribution in [3.05, 3.63) is 48.2 Å². The van der Waals surface area contributed by atoms with Crippen LogP contribution in [-0.4, -0.2) is 45.4 Å². The van der Waals surface area contributed by atoms with Crippen molar-refractivity contribution in [2.45, 2.75) is 45.8 Å². The van der Waals surface area contributed by atoms with Gasteiger partial charge in [0.1, 0.15) is 11.4 Å². The fourth-order valence-corrected chi connectivity index (χ4v) is 3.23. The molecule has 1 aromatic carbocycles. The minimum Gasteiger partial charge on any atom is -0.444 e. The van der Waals surface area contributed by atoms with Crippen molar-refractivity contribution < 1.29 is 14.3 Å². The lowest BCUT2D eigenvalue weighted by atomic mass is 9.97. The summed E-state index contributed by atoms with van der Waals surface area (Å²) in [6.07, 6.45) is 2.84. The van der Waals surface area contributed by atoms with Gasteiger partial charge in [-0.15, -0.1) is 0 Å². The third-order valence-corrected chi connectivity index (χ3v) is 4.59. The van der Waals surface area contributed by atoms with Gasteiger partial charge in [-0.2, -0.15) is 5.10 Å². The summed E-state index contributed by atoms with van der Waals surface area (Å²) in [7, 11) is 0. The van der Waals surface area contributed by atoms with E-state index in [0.29, 0.717) is 25.5 Å². The SMILES string of the molecule is CC(C)(C)OC(=O)N1CCCC(C(=O)Nc2ccnn2Cc2ccccc2)C1. The molecule has 2 amide bonds. The molecule has 0 spiro atoms. The first-order valence-corrected chi connectivity index (χ1v) is 9.66. The van der Waals surface area contributed by atoms with Crippen molar-refractivity contribution in [3.8, 4) is 0 Å². The fraction of sp³-hybridized carbons (Fsp3) is 0.476. The maximum absolute atomic E-state index is 12.8. The van der Waals surface area contributed by atoms with Crippen LogP contribution in [0.15, 0.2) is 42.6 Å². The van der Waals surface area contributed by atoms with E-state index in [1.54, 1.807) is 21.8 Å². The first-order chi connectivity index (χ1) is 13.3. The molecule has 1 atom stereocenters. The molecule has 7 nitrogen and oxygen atoms in total. The number of aromatic nitrogens is 2. The van der Waals surface area contributed by atoms with Crippen LogP contribution in [0.25, 0.3) is 0 Å². The van der Waals surface area contributed by atoms with Gasteiger partial charge in [0, 0.05) is 19.2 Å². The first-order valence-electron chi connectivity index (χ1n) is 9.66. The summed E-state index contributed by atoms with van der Waals surface area (Å²) < 4.78 is 7.20. The van der Waals surface area contributed by atoms with Crippen molar-refractivity contribution >= 4 is 17.8 Å². The first kappa shape index (κ1) is 19.9. The Morgan fingerprint density at radius 2 is 1.96 bits per heavy atom. The summed E-state index contributed by atoms with van der Waals surface area (Å²) in [5.41, 5.74) is 0.562. The zero-order valence-corrected chi connectivity index (χ0v) is 16.7. The highest BCUT2D eigenvalue weighted by atomic mass is 16.6. The number of piperidine rings is 1. The number of ether oxygens (including phenoxy) is 1. The number of likely N-dealkylation sites (tertiary alicyclic amines) is 1. The summed E-state index contributed by atoms with van der Waals surface area (Å²) >= 11 is 0. The van der Waals surface area contributed by atoms with Crippen molar-refractivity contribution in [1.82, 2.24) is 14.7 Å². The predicted octanol–water partition coefficient (Wildman–Crippen LogP) is 3.52. The number of hydrogen-bond acceptors (Lipinski definition) is 4. The summed E-state index contributed by atoms with van der Waals surface area (Å²) in [6, 6.07) is 11.7. The molecule has 7 heteroatoms. The highest BCUT2D eigenvalue weighted by Gasteiger charge is 2.31. The maximum atomic E-state index is 12.8. The van der Waals surface area contributed by atoms with Gasteiger partial charge in [0.2, 0.25) is 5.91 Å². The van der Waals surface area contributed by atoms with Crippen LogP contribution in [0.5, 0.6) is 0 Å². The van der Waals surface area contributed by atoms with E-state index in [0.717, 1.165) is 18.4 Å². The van der Waals surface area contributed by atoms with Crippen LogP contribution in [0.4, 0.5) is 10.6 Å². The van der Waals surface area contributed by atoms with Gasteiger partial charge in [-0.3, -0.25) is 4.79 Å². The summed E-state index contributed by atoms with van der Waals surface area (Å²) in [6.45, 7) is 7.09. The number of rotatable bonds is 4. The average molecular weight is 384 g/mol. The van der Waals surface area contributed by atoms with E-state index in [9.17, 15) is 9.59 Å². The summed E-state index contributed by atoms with van der Waals surface area (Å²) in [5, 5.41) is 7.28. The van der Waals surface area contributed by atoms with Gasteiger partial charge in [-0.1, -0.05) is 30.3 Å². The van der Waals surface area contributed by atoms with Gasteiger partial charge in [0.25, 0.3) is 0 Å². The standard InChI is InChI=1S/C21H28N4O3/c1-21(2,3)28-20(27)24-13-7-10-17(15-24)19(26)23-18-11-12-22-25(18)14-16-8-5-4-6-9-16/h4-6,8-9,11-12,17H,7,10,13-15H2,1-3H3,(H,23,26). The largest absolute Gasteiger partial charge is 0.444 e. The molecule has 0 saturated carbocycles. The van der Waals surface area contributed by atoms with Gasteiger partial charge >= 0.3 is 6.09 Å². The fourth-order valence-electron chi connectivity index (χ4n) is 3.23. The highest BCUT2D eigenvalue weighted by Crippen LogP contribution is 2.21. The molecule has 0 aliphatic carbocycles. The van der Waals surface area contributed by atoms with E-state index in [1.807, 2.05) is 51.1 Å². The topological polar surface area (TPSA) is 76.5 Å². The van der Waals surface area contributed by atoms with Gasteiger partial charge in [0.05, 0.1) is 18.7 Å². The molecule has 0 radical (unpaired) electrons. The molecule has 3 rings (SSSR count). The Labute approximate surface area is 165 Å². The molecule has 2 aromatic rings. The Hall–Kier alpha value is -2.83. The molecule has 1 unspecified atom stereocenters. The minimum atomic E-state index is -0.545. The lowest BCUT2D eigenvalue weighted by Gasteiger charge is -2.33. The Morgan fingerprint density at radius 3 is 2.68 bits per heavy atom. The van der Waals surface area contributed by atoms with Crippen molar-refractivity contribution in [2.75, 3.05) is 18.4 Å². The molecule has 1 aliphatic rings. The number of carbonyl (C=O) groups is 2. The molecule has 1 aromatic heterocycles. The Kier molecular flexibility index (Phi) is 6.02. The van der Waals surface area contributed by atoms with Gasteiger partial charge in [0.15, 0.2) is 0 Å². The normalized spacial score (nSPS) is 17.2. The number of anilines is 1. The summed E-state index contributed by atoms with van der Waals surface area (Å²) in [4.78, 5) is 26.7. The molecule has 150 valence electrons. The van der Waals surface area contributed by atoms with Crippen molar-refractivity contribution in [2.24, 2.45) is 5.92 Å². The zero-order valence-electron chi connectivity index (χ0n) is 16.7. The third kappa shape index (κ3) is 5.34. The smallest absolute Gasteiger partial charge is 0.410 e. The van der Waals surface area contributed by atoms with Crippen LogP contribution in [0.2, 0.25) is 0 Å². The molecule has 1 aliphatic heterocycles. The molecule has 1 N–H and O–H groups in total. The minimum absolute atomic E-state index is 0.0944. The van der Waals surface area contributed by atoms with E-state index in [2.05, 4.69) is 10.4 Å². The van der Waals surface area contributed by atoms with Gasteiger partial charge in [-0.25, -0.2) is 9.48 Å². The molecular formula is C21H28N4O3. The number of carbonyl (C=O) groups excluding carboxylic acids is 2. The molecule has 1 saturated heterocycles. The molecule has 2 heterocycles. The summed E-state index contributed by atoms with van der Waals surface area (Å²) in [5.74, 6) is 0.299. The van der Waals surface area contributed by atoms with Crippen LogP contribution in [0.3, 0.4) is 0 Å². The zero-order chi connectivity index (χ0) is 20.1. The second kappa shape index (κ2) is 8.46. The number of benzene rings is 1. The van der Waals surface area contributed by atoms with Crippen LogP contribution in [-0.2, 0) is 16.1 Å². The van der Waals surface area contributed by atoms with Crippen molar-refractivity contribution in [1.29, 1.82) is 0 Å². The van der Waals surface area contributed by atoms with E-state index < -0.39 is 5.60 Å². The van der Waals surface area contributed by atoms with E-state index >= 15 is 0 Å². The Bertz CT molecular complexity index is 811. The van der Waals surface area contributed by atoms with Crippen LogP contribution in [0.1, 0.15) is 39.2 Å². The van der Waals surface area contributed by atoms with Crippen LogP contribution in [0, 0.1) is 5.92 Å². The molecular weight excluding hydrogens is 356 g/mol. The monoisotopic (exact) mass is 384 g/mol. The van der Waals surface area contributed by atoms with E-state index in [-0.39, 0.29) is 17.9 Å². The number of nitrogens with zero attached hydrogens (tertiary/aromatic N) is 3. The lowest BCUT2D eigenvalue weighted by Crippen LogP contribution is -2.45. The van der Waals surface area contributed by atoms with Crippen LogP contribution < -0.4 is 5.32 Å². The number of amides is 2. The second-order valence-electron chi connectivity index (χ2n) is 8.11. The Balaban J connectivity index is 1.61. The molecule has 0 bridgehead atoms. The number of nitrogens with one attached hydrogen (secondary N) is 1. The molecule has 1 fully saturated rings. The number of hydrogen-bond donors (Lipinski definition) is 1. The lowest BCUT2D eigenvalue weighted by molar-refractivity contribution is -0.121. The van der Waals surface area contributed by atoms with Crippen molar-refractivity contribution in [3.63, 3.8) is 0 Å². The quantitative estimate of drug-likeness (QED) is 0.875. The highest BCUT2D eigenvalue weighted by molar-refractivity contribution is 5.92. The van der Waals surface area contributed by atoms with Crippen LogP contribution >= 0.6 is 0 Å². The maximum Gasteiger partial charge on any atom is 0.410 e. The van der Waals surface area contributed by atoms with Gasteiger partial charge in [-0.05, 0) is 39.2 Å². The Morgan fingerprint density at radius 1 is 1.21 bits per heavy atom. The van der Waals surface area contributed by atoms with E-state index in [1.165, 1.54) is 0 Å². The second-order valence-corrected chi connectivity index (χ2v) is 8.11. The third-order valence-electron chi connectivity index (χ3n) is 4.59. The van der Waals surface area contributed by atoms with Gasteiger partial charge < -0.3 is 15.0 Å². The van der Waals surface area contributed by atoms with E-state index in [4.69, 9.17) is 4.74 Å². The predicted molar refractivity (Wildman–Crippen MR) is 107 cm³/mol. The average Bonchev–Trinajstić information content (AvgIpc) is 3.08. The molecule has 28 heavy (non-hydrogen) atoms.